The standard InChI is InChI=1S/C25H29P.ClH/c26-18-10-17-25(19-22-11-4-1-5-12-22,20-23-13-6-2-7-14-23)21-24-15-8-3-9-16-24;/h1-9,11-16H,10,17-21,26H2;1H. The molecule has 0 saturated heterocycles. The van der Waals surface area contributed by atoms with Crippen LogP contribution in [-0.2, 0) is 19.3 Å². The van der Waals surface area contributed by atoms with Crippen molar-refractivity contribution in [2.75, 3.05) is 6.16 Å². The quantitative estimate of drug-likeness (QED) is 0.350. The van der Waals surface area contributed by atoms with Crippen molar-refractivity contribution < 1.29 is 0 Å². The molecule has 3 rings (SSSR count). The van der Waals surface area contributed by atoms with Crippen LogP contribution in [-0.4, -0.2) is 6.16 Å². The Hall–Kier alpha value is -1.62. The third-order valence-corrected chi connectivity index (χ3v) is 5.59. The molecule has 3 aromatic carbocycles. The Morgan fingerprint density at radius 2 is 0.889 bits per heavy atom. The van der Waals surface area contributed by atoms with Crippen molar-refractivity contribution in [3.05, 3.63) is 108 Å². The topological polar surface area (TPSA) is 0 Å². The van der Waals surface area contributed by atoms with Gasteiger partial charge in [0, 0.05) is 0 Å². The van der Waals surface area contributed by atoms with Crippen LogP contribution in [0.2, 0.25) is 0 Å². The van der Waals surface area contributed by atoms with Crippen LogP contribution in [0.3, 0.4) is 0 Å². The van der Waals surface area contributed by atoms with E-state index in [9.17, 15) is 0 Å². The van der Waals surface area contributed by atoms with E-state index in [2.05, 4.69) is 100 Å². The van der Waals surface area contributed by atoms with Gasteiger partial charge in [-0.15, -0.1) is 21.6 Å². The van der Waals surface area contributed by atoms with E-state index in [-0.39, 0.29) is 17.8 Å². The summed E-state index contributed by atoms with van der Waals surface area (Å²) in [5.74, 6) is 0. The minimum Gasteiger partial charge on any atom is -0.147 e. The van der Waals surface area contributed by atoms with Gasteiger partial charge in [0.05, 0.1) is 0 Å². The Labute approximate surface area is 173 Å². The Morgan fingerprint density at radius 1 is 0.556 bits per heavy atom. The van der Waals surface area contributed by atoms with Crippen LogP contribution >= 0.6 is 21.6 Å². The summed E-state index contributed by atoms with van der Waals surface area (Å²) in [7, 11) is 2.91. The van der Waals surface area contributed by atoms with E-state index in [0.29, 0.717) is 0 Å². The van der Waals surface area contributed by atoms with Crippen molar-refractivity contribution in [2.24, 2.45) is 5.41 Å². The summed E-state index contributed by atoms with van der Waals surface area (Å²) in [6.07, 6.45) is 7.04. The molecular formula is C25H30ClP. The lowest BCUT2D eigenvalue weighted by molar-refractivity contribution is 0.252. The second kappa shape index (κ2) is 11.3. The van der Waals surface area contributed by atoms with Crippen molar-refractivity contribution in [2.45, 2.75) is 32.1 Å². The van der Waals surface area contributed by atoms with E-state index in [1.807, 2.05) is 0 Å². The monoisotopic (exact) mass is 396 g/mol. The van der Waals surface area contributed by atoms with Gasteiger partial charge in [-0.25, -0.2) is 0 Å². The molecule has 0 fully saturated rings. The second-order valence-electron chi connectivity index (χ2n) is 7.38. The lowest BCUT2D eigenvalue weighted by Crippen LogP contribution is -2.30. The largest absolute Gasteiger partial charge is 0.147 e. The fourth-order valence-corrected chi connectivity index (χ4v) is 4.22. The third kappa shape index (κ3) is 6.80. The number of hydrogen-bond acceptors (Lipinski definition) is 0. The fourth-order valence-electron chi connectivity index (χ4n) is 4.02. The van der Waals surface area contributed by atoms with Gasteiger partial charge in [0.15, 0.2) is 0 Å². The fraction of sp³-hybridized carbons (Fsp3) is 0.280. The maximum Gasteiger partial charge on any atom is -0.0176 e. The molecule has 1 unspecified atom stereocenters. The van der Waals surface area contributed by atoms with Gasteiger partial charge in [-0.2, -0.15) is 0 Å². The van der Waals surface area contributed by atoms with Crippen LogP contribution in [0.1, 0.15) is 29.5 Å². The Bertz CT molecular complexity index is 655. The molecule has 142 valence electrons. The van der Waals surface area contributed by atoms with E-state index in [4.69, 9.17) is 0 Å². The van der Waals surface area contributed by atoms with E-state index in [0.717, 1.165) is 19.3 Å². The van der Waals surface area contributed by atoms with Gasteiger partial charge >= 0.3 is 0 Å². The van der Waals surface area contributed by atoms with E-state index in [1.165, 1.54) is 35.7 Å². The Balaban J connectivity index is 0.00000261. The highest BCUT2D eigenvalue weighted by Gasteiger charge is 2.30. The summed E-state index contributed by atoms with van der Waals surface area (Å²) >= 11 is 0. The SMILES string of the molecule is Cl.PCCCC(Cc1ccccc1)(Cc1ccccc1)Cc1ccccc1. The molecule has 2 heteroatoms. The molecule has 1 atom stereocenters. The van der Waals surface area contributed by atoms with Crippen molar-refractivity contribution in [1.29, 1.82) is 0 Å². The summed E-state index contributed by atoms with van der Waals surface area (Å²) in [5.41, 5.74) is 4.59. The maximum atomic E-state index is 2.91. The van der Waals surface area contributed by atoms with Gasteiger partial charge in [-0.05, 0) is 60.4 Å². The Morgan fingerprint density at radius 3 is 1.19 bits per heavy atom. The zero-order valence-corrected chi connectivity index (χ0v) is 17.9. The highest BCUT2D eigenvalue weighted by Crippen LogP contribution is 2.37. The van der Waals surface area contributed by atoms with Crippen LogP contribution in [0, 0.1) is 5.41 Å². The zero-order chi connectivity index (χ0) is 18.1. The van der Waals surface area contributed by atoms with Crippen LogP contribution < -0.4 is 0 Å². The number of hydrogen-bond donors (Lipinski definition) is 0. The third-order valence-electron chi connectivity index (χ3n) is 5.18. The first kappa shape index (κ1) is 21.7. The highest BCUT2D eigenvalue weighted by atomic mass is 35.5. The number of rotatable bonds is 9. The van der Waals surface area contributed by atoms with Crippen LogP contribution in [0.25, 0.3) is 0 Å². The molecule has 0 saturated carbocycles. The van der Waals surface area contributed by atoms with Gasteiger partial charge < -0.3 is 0 Å². The second-order valence-corrected chi connectivity index (χ2v) is 7.96. The minimum absolute atomic E-state index is 0. The van der Waals surface area contributed by atoms with Crippen LogP contribution in [0.15, 0.2) is 91.0 Å². The highest BCUT2D eigenvalue weighted by molar-refractivity contribution is 7.16. The minimum atomic E-state index is 0. The molecule has 0 aliphatic heterocycles. The molecule has 0 aliphatic rings. The molecule has 0 spiro atoms. The molecule has 0 aliphatic carbocycles. The lowest BCUT2D eigenvalue weighted by Gasteiger charge is -2.35. The molecule has 0 bridgehead atoms. The van der Waals surface area contributed by atoms with Gasteiger partial charge in [0.2, 0.25) is 0 Å². The molecule has 3 aromatic rings. The van der Waals surface area contributed by atoms with Crippen molar-refractivity contribution in [3.63, 3.8) is 0 Å². The average Bonchev–Trinajstić information content (AvgIpc) is 2.69. The zero-order valence-electron chi connectivity index (χ0n) is 15.9. The van der Waals surface area contributed by atoms with Crippen LogP contribution in [0.5, 0.6) is 0 Å². The lowest BCUT2D eigenvalue weighted by atomic mass is 9.69. The van der Waals surface area contributed by atoms with Gasteiger partial charge in [0.25, 0.3) is 0 Å². The van der Waals surface area contributed by atoms with Gasteiger partial charge in [0.1, 0.15) is 0 Å². The summed E-state index contributed by atoms with van der Waals surface area (Å²) < 4.78 is 0. The maximum absolute atomic E-state index is 2.91. The number of halogens is 1. The van der Waals surface area contributed by atoms with E-state index < -0.39 is 0 Å². The first-order valence-corrected chi connectivity index (χ1v) is 10.4. The van der Waals surface area contributed by atoms with E-state index >= 15 is 0 Å². The summed E-state index contributed by atoms with van der Waals surface area (Å²) in [5, 5.41) is 0. The van der Waals surface area contributed by atoms with E-state index in [1.54, 1.807) is 0 Å². The average molecular weight is 397 g/mol. The predicted molar refractivity (Wildman–Crippen MR) is 124 cm³/mol. The molecule has 0 heterocycles. The number of benzene rings is 3. The molecule has 0 nitrogen and oxygen atoms in total. The normalized spacial score (nSPS) is 11.0. The first-order valence-electron chi connectivity index (χ1n) is 9.62. The first-order chi connectivity index (χ1) is 12.8. The molecule has 0 amide bonds. The van der Waals surface area contributed by atoms with Gasteiger partial charge in [-0.1, -0.05) is 91.0 Å². The van der Waals surface area contributed by atoms with Crippen LogP contribution in [0.4, 0.5) is 0 Å². The molecule has 0 aromatic heterocycles. The van der Waals surface area contributed by atoms with Gasteiger partial charge in [-0.3, -0.25) is 0 Å². The predicted octanol–water partition coefficient (Wildman–Crippen LogP) is 6.78. The molecule has 0 N–H and O–H groups in total. The Kier molecular flexibility index (Phi) is 9.05. The molecular weight excluding hydrogens is 367 g/mol. The summed E-state index contributed by atoms with van der Waals surface area (Å²) in [6, 6.07) is 33.0. The van der Waals surface area contributed by atoms with Crippen molar-refractivity contribution in [1.82, 2.24) is 0 Å². The molecule has 0 radical (unpaired) electrons. The van der Waals surface area contributed by atoms with Crippen molar-refractivity contribution in [3.8, 4) is 0 Å². The summed E-state index contributed by atoms with van der Waals surface area (Å²) in [4.78, 5) is 0. The van der Waals surface area contributed by atoms with Crippen molar-refractivity contribution >= 4 is 21.6 Å². The smallest absolute Gasteiger partial charge is 0.0176 e. The summed E-state index contributed by atoms with van der Waals surface area (Å²) in [6.45, 7) is 0. The molecule has 27 heavy (non-hydrogen) atoms.